The van der Waals surface area contributed by atoms with Crippen LogP contribution in [-0.4, -0.2) is 17.7 Å². The summed E-state index contributed by atoms with van der Waals surface area (Å²) >= 11 is 0. The number of nitrogens with two attached hydrogens (primary N) is 1. The molecule has 0 fully saturated rings. The highest BCUT2D eigenvalue weighted by molar-refractivity contribution is 6.45. The van der Waals surface area contributed by atoms with Crippen LogP contribution >= 0.6 is 0 Å². The van der Waals surface area contributed by atoms with Crippen molar-refractivity contribution in [3.8, 4) is 0 Å². The lowest BCUT2D eigenvalue weighted by molar-refractivity contribution is -0.139. The molecule has 0 aliphatic heterocycles. The Kier molecular flexibility index (Phi) is 6.11. The number of nitrogens with zero attached hydrogens (tertiary/aromatic N) is 1. The van der Waals surface area contributed by atoms with E-state index in [0.717, 1.165) is 16.9 Å². The van der Waals surface area contributed by atoms with Crippen LogP contribution in [0.3, 0.4) is 0 Å². The van der Waals surface area contributed by atoms with Crippen molar-refractivity contribution in [1.82, 2.24) is 5.32 Å². The largest absolute Gasteiger partial charge is 0.399 e. The predicted molar refractivity (Wildman–Crippen MR) is 101 cm³/mol. The first kappa shape index (κ1) is 19.2. The summed E-state index contributed by atoms with van der Waals surface area (Å²) in [5.74, 6) is -2.32. The van der Waals surface area contributed by atoms with Crippen molar-refractivity contribution < 1.29 is 14.4 Å². The number of amides is 3. The van der Waals surface area contributed by atoms with Crippen molar-refractivity contribution in [1.29, 1.82) is 0 Å². The van der Waals surface area contributed by atoms with Crippen LogP contribution in [0.1, 0.15) is 37.9 Å². The quantitative estimate of drug-likeness (QED) is 0.653. The molecule has 2 aromatic carbocycles. The molecule has 0 saturated heterocycles. The lowest BCUT2D eigenvalue weighted by atomic mass is 10.0. The van der Waals surface area contributed by atoms with Crippen LogP contribution in [-0.2, 0) is 20.8 Å². The molecule has 1 atom stereocenters. The van der Waals surface area contributed by atoms with E-state index < -0.39 is 17.7 Å². The molecule has 0 aromatic heterocycles. The van der Waals surface area contributed by atoms with E-state index in [4.69, 9.17) is 5.73 Å². The number of nitrogens with one attached hydrogen (secondary N) is 1. The van der Waals surface area contributed by atoms with Gasteiger partial charge in [-0.3, -0.25) is 14.4 Å². The summed E-state index contributed by atoms with van der Waals surface area (Å²) in [7, 11) is 0. The van der Waals surface area contributed by atoms with Gasteiger partial charge in [-0.1, -0.05) is 31.2 Å². The molecule has 3 amide bonds. The van der Waals surface area contributed by atoms with Crippen LogP contribution in [0.2, 0.25) is 0 Å². The molecular weight excluding hydrogens is 330 g/mol. The molecule has 1 unspecified atom stereocenters. The van der Waals surface area contributed by atoms with E-state index in [1.54, 1.807) is 19.1 Å². The van der Waals surface area contributed by atoms with Gasteiger partial charge >= 0.3 is 11.8 Å². The first-order valence-corrected chi connectivity index (χ1v) is 8.43. The fraction of sp³-hybridized carbons (Fsp3) is 0.250. The third-order valence-electron chi connectivity index (χ3n) is 4.10. The second kappa shape index (κ2) is 8.29. The maximum atomic E-state index is 12.5. The molecule has 3 N–H and O–H groups in total. The molecule has 26 heavy (non-hydrogen) atoms. The van der Waals surface area contributed by atoms with Crippen LogP contribution in [0, 0.1) is 0 Å². The minimum Gasteiger partial charge on any atom is -0.399 e. The molecular formula is C20H23N3O3. The van der Waals surface area contributed by atoms with Gasteiger partial charge in [0.1, 0.15) is 0 Å². The van der Waals surface area contributed by atoms with Crippen LogP contribution in [0.25, 0.3) is 0 Å². The first-order valence-electron chi connectivity index (χ1n) is 8.43. The van der Waals surface area contributed by atoms with Gasteiger partial charge in [-0.15, -0.1) is 0 Å². The van der Waals surface area contributed by atoms with Crippen LogP contribution in [0.15, 0.2) is 48.5 Å². The van der Waals surface area contributed by atoms with Gasteiger partial charge in [0.2, 0.25) is 5.91 Å². The van der Waals surface area contributed by atoms with Crippen molar-refractivity contribution in [3.63, 3.8) is 0 Å². The molecule has 0 bridgehead atoms. The molecule has 2 rings (SSSR count). The van der Waals surface area contributed by atoms with Crippen LogP contribution in [0.4, 0.5) is 11.4 Å². The summed E-state index contributed by atoms with van der Waals surface area (Å²) in [6.45, 7) is 5.08. The van der Waals surface area contributed by atoms with Gasteiger partial charge in [-0.2, -0.15) is 0 Å². The van der Waals surface area contributed by atoms with E-state index in [1.165, 1.54) is 24.6 Å². The normalized spacial score (nSPS) is 11.5. The second-order valence-electron chi connectivity index (χ2n) is 6.04. The van der Waals surface area contributed by atoms with E-state index >= 15 is 0 Å². The number of benzene rings is 2. The highest BCUT2D eigenvalue weighted by Crippen LogP contribution is 2.18. The third kappa shape index (κ3) is 4.47. The molecule has 0 radical (unpaired) electrons. The number of nitrogen functional groups attached to an aromatic ring is 1. The Hall–Kier alpha value is -3.15. The fourth-order valence-electron chi connectivity index (χ4n) is 2.55. The minimum absolute atomic E-state index is 0.298. The summed E-state index contributed by atoms with van der Waals surface area (Å²) in [6.07, 6.45) is 0.925. The maximum absolute atomic E-state index is 12.5. The number of hydrogen-bond acceptors (Lipinski definition) is 4. The fourth-order valence-corrected chi connectivity index (χ4v) is 2.55. The number of aryl methyl sites for hydroxylation is 1. The third-order valence-corrected chi connectivity index (χ3v) is 4.10. The average Bonchev–Trinajstić information content (AvgIpc) is 2.63. The Morgan fingerprint density at radius 1 is 1.04 bits per heavy atom. The van der Waals surface area contributed by atoms with Crippen molar-refractivity contribution in [2.45, 2.75) is 33.2 Å². The maximum Gasteiger partial charge on any atom is 0.323 e. The van der Waals surface area contributed by atoms with Crippen molar-refractivity contribution in [3.05, 3.63) is 59.7 Å². The average molecular weight is 353 g/mol. The Labute approximate surface area is 153 Å². The van der Waals surface area contributed by atoms with Crippen LogP contribution in [0.5, 0.6) is 0 Å². The molecule has 136 valence electrons. The summed E-state index contributed by atoms with van der Waals surface area (Å²) in [5.41, 5.74) is 8.49. The highest BCUT2D eigenvalue weighted by atomic mass is 16.2. The molecule has 0 spiro atoms. The minimum atomic E-state index is -0.931. The topological polar surface area (TPSA) is 92.5 Å². The Balaban J connectivity index is 2.13. The Bertz CT molecular complexity index is 798. The zero-order valence-electron chi connectivity index (χ0n) is 15.2. The molecule has 2 aromatic rings. The van der Waals surface area contributed by atoms with Crippen molar-refractivity contribution in [2.24, 2.45) is 0 Å². The number of hydrogen-bond donors (Lipinski definition) is 2. The summed E-state index contributed by atoms with van der Waals surface area (Å²) < 4.78 is 0. The van der Waals surface area contributed by atoms with Gasteiger partial charge in [0.15, 0.2) is 0 Å². The Morgan fingerprint density at radius 3 is 2.12 bits per heavy atom. The van der Waals surface area contributed by atoms with Crippen molar-refractivity contribution in [2.75, 3.05) is 10.6 Å². The summed E-state index contributed by atoms with van der Waals surface area (Å²) in [4.78, 5) is 37.6. The van der Waals surface area contributed by atoms with E-state index in [9.17, 15) is 14.4 Å². The van der Waals surface area contributed by atoms with Crippen LogP contribution < -0.4 is 16.0 Å². The predicted octanol–water partition coefficient (Wildman–Crippen LogP) is 2.59. The zero-order chi connectivity index (χ0) is 19.3. The zero-order valence-corrected chi connectivity index (χ0v) is 15.2. The van der Waals surface area contributed by atoms with Gasteiger partial charge in [0, 0.05) is 12.6 Å². The molecule has 6 heteroatoms. The molecule has 0 aliphatic carbocycles. The van der Waals surface area contributed by atoms with Crippen molar-refractivity contribution >= 4 is 29.1 Å². The second-order valence-corrected chi connectivity index (χ2v) is 6.04. The molecule has 0 saturated carbocycles. The lowest BCUT2D eigenvalue weighted by Crippen LogP contribution is -2.46. The highest BCUT2D eigenvalue weighted by Gasteiger charge is 2.27. The number of carbonyl (C=O) groups excluding carboxylic acids is 3. The monoisotopic (exact) mass is 353 g/mol. The van der Waals surface area contributed by atoms with E-state index in [-0.39, 0.29) is 6.04 Å². The summed E-state index contributed by atoms with van der Waals surface area (Å²) in [6, 6.07) is 13.6. The Morgan fingerprint density at radius 2 is 1.62 bits per heavy atom. The van der Waals surface area contributed by atoms with Gasteiger partial charge in [0.05, 0.1) is 11.7 Å². The van der Waals surface area contributed by atoms with E-state index in [0.29, 0.717) is 11.4 Å². The van der Waals surface area contributed by atoms with Gasteiger partial charge in [-0.05, 0) is 48.7 Å². The number of anilines is 2. The van der Waals surface area contributed by atoms with E-state index in [2.05, 4.69) is 12.2 Å². The SMILES string of the molecule is CCc1ccc(C(C)NC(=O)C(=O)N(C(C)=O)c2ccc(N)cc2)cc1. The smallest absolute Gasteiger partial charge is 0.323 e. The lowest BCUT2D eigenvalue weighted by Gasteiger charge is -2.20. The molecule has 6 nitrogen and oxygen atoms in total. The van der Waals surface area contributed by atoms with Gasteiger partial charge in [0.25, 0.3) is 0 Å². The number of carbonyl (C=O) groups is 3. The summed E-state index contributed by atoms with van der Waals surface area (Å²) in [5, 5.41) is 2.64. The molecule has 0 heterocycles. The first-order chi connectivity index (χ1) is 12.3. The van der Waals surface area contributed by atoms with Gasteiger partial charge < -0.3 is 11.1 Å². The standard InChI is InChI=1S/C20H23N3O3/c1-4-15-5-7-16(8-6-15)13(2)22-19(25)20(26)23(14(3)24)18-11-9-17(21)10-12-18/h5-13H,4,21H2,1-3H3,(H,22,25). The molecule has 0 aliphatic rings. The number of rotatable bonds is 4. The van der Waals surface area contributed by atoms with E-state index in [1.807, 2.05) is 24.3 Å². The number of imide groups is 1. The van der Waals surface area contributed by atoms with Gasteiger partial charge in [-0.25, -0.2) is 4.90 Å².